The van der Waals surface area contributed by atoms with Crippen LogP contribution in [0.3, 0.4) is 0 Å². The first kappa shape index (κ1) is 19.8. The number of nitrogens with one attached hydrogen (secondary N) is 1. The molecule has 3 aliphatic heterocycles. The molecule has 162 valence electrons. The molecule has 0 aliphatic carbocycles. The van der Waals surface area contributed by atoms with E-state index in [9.17, 15) is 14.4 Å². The van der Waals surface area contributed by atoms with Crippen LogP contribution >= 0.6 is 0 Å². The van der Waals surface area contributed by atoms with Gasteiger partial charge in [0.15, 0.2) is 6.29 Å². The van der Waals surface area contributed by atoms with E-state index in [0.717, 1.165) is 30.5 Å². The number of rotatable bonds is 5. The molecular formula is C21H23N5O5. The Morgan fingerprint density at radius 3 is 2.90 bits per heavy atom. The lowest BCUT2D eigenvalue weighted by molar-refractivity contribution is -0.169. The quantitative estimate of drug-likeness (QED) is 0.713. The number of imide groups is 1. The number of carbonyl (C=O) groups excluding carboxylic acids is 3. The van der Waals surface area contributed by atoms with Crippen molar-refractivity contribution in [1.29, 1.82) is 0 Å². The minimum Gasteiger partial charge on any atom is -0.353 e. The van der Waals surface area contributed by atoms with Crippen LogP contribution in [-0.2, 0) is 32.2 Å². The number of carbonyl (C=O) groups is 3. The van der Waals surface area contributed by atoms with Gasteiger partial charge in [0.05, 0.1) is 18.5 Å². The van der Waals surface area contributed by atoms with Gasteiger partial charge < -0.3 is 14.4 Å². The third-order valence-corrected chi connectivity index (χ3v) is 5.90. The zero-order valence-electron chi connectivity index (χ0n) is 17.0. The molecule has 0 spiro atoms. The van der Waals surface area contributed by atoms with Crippen LogP contribution in [0, 0.1) is 0 Å². The molecule has 2 atom stereocenters. The minimum absolute atomic E-state index is 0.209. The normalized spacial score (nSPS) is 23.7. The van der Waals surface area contributed by atoms with Crippen molar-refractivity contribution in [2.24, 2.45) is 0 Å². The van der Waals surface area contributed by atoms with Crippen LogP contribution in [0.2, 0.25) is 0 Å². The van der Waals surface area contributed by atoms with Gasteiger partial charge >= 0.3 is 0 Å². The third kappa shape index (κ3) is 3.84. The fraction of sp³-hybridized carbons (Fsp3) is 0.476. The molecule has 0 saturated carbocycles. The van der Waals surface area contributed by atoms with Crippen molar-refractivity contribution in [1.82, 2.24) is 25.2 Å². The second kappa shape index (κ2) is 8.20. The van der Waals surface area contributed by atoms with Gasteiger partial charge in [0.1, 0.15) is 11.7 Å². The highest BCUT2D eigenvalue weighted by molar-refractivity contribution is 6.05. The Kier molecular flexibility index (Phi) is 5.24. The van der Waals surface area contributed by atoms with Crippen LogP contribution < -0.4 is 5.32 Å². The third-order valence-electron chi connectivity index (χ3n) is 5.90. The Hall–Kier alpha value is -3.11. The number of amides is 3. The number of aromatic nitrogens is 3. The summed E-state index contributed by atoms with van der Waals surface area (Å²) in [4.78, 5) is 38.2. The summed E-state index contributed by atoms with van der Waals surface area (Å²) >= 11 is 0. The van der Waals surface area contributed by atoms with E-state index in [1.54, 1.807) is 23.0 Å². The summed E-state index contributed by atoms with van der Waals surface area (Å²) < 4.78 is 13.0. The van der Waals surface area contributed by atoms with Gasteiger partial charge in [0, 0.05) is 30.7 Å². The molecule has 1 N–H and O–H groups in total. The smallest absolute Gasteiger partial charge is 0.255 e. The average molecular weight is 425 g/mol. The molecule has 0 bridgehead atoms. The Labute approximate surface area is 178 Å². The highest BCUT2D eigenvalue weighted by Gasteiger charge is 2.40. The van der Waals surface area contributed by atoms with E-state index in [0.29, 0.717) is 30.9 Å². The van der Waals surface area contributed by atoms with Crippen molar-refractivity contribution in [3.63, 3.8) is 0 Å². The lowest BCUT2D eigenvalue weighted by Crippen LogP contribution is -2.52. The Balaban J connectivity index is 1.33. The summed E-state index contributed by atoms with van der Waals surface area (Å²) in [5, 5.41) is 10.7. The fourth-order valence-corrected chi connectivity index (χ4v) is 4.29. The number of nitrogens with zero attached hydrogens (tertiary/aromatic N) is 4. The van der Waals surface area contributed by atoms with Crippen LogP contribution in [0.5, 0.6) is 0 Å². The molecule has 31 heavy (non-hydrogen) atoms. The summed E-state index contributed by atoms with van der Waals surface area (Å²) in [5.74, 6) is -0.948. The fourth-order valence-electron chi connectivity index (χ4n) is 4.29. The van der Waals surface area contributed by atoms with Crippen LogP contribution in [0.1, 0.15) is 53.7 Å². The molecule has 2 unspecified atom stereocenters. The monoisotopic (exact) mass is 425 g/mol. The first-order chi connectivity index (χ1) is 15.1. The van der Waals surface area contributed by atoms with Crippen LogP contribution in [0.25, 0.3) is 5.69 Å². The van der Waals surface area contributed by atoms with Gasteiger partial charge in [0.2, 0.25) is 11.8 Å². The highest BCUT2D eigenvalue weighted by atomic mass is 16.7. The average Bonchev–Trinajstić information content (AvgIpc) is 3.38. The van der Waals surface area contributed by atoms with E-state index in [-0.39, 0.29) is 31.1 Å². The van der Waals surface area contributed by atoms with Crippen LogP contribution in [0.15, 0.2) is 24.4 Å². The lowest BCUT2D eigenvalue weighted by atomic mass is 10.0. The van der Waals surface area contributed by atoms with Gasteiger partial charge in [-0.05, 0) is 37.8 Å². The second-order valence-corrected chi connectivity index (χ2v) is 7.96. The number of benzene rings is 1. The summed E-state index contributed by atoms with van der Waals surface area (Å²) in [6, 6.07) is 4.74. The molecule has 2 fully saturated rings. The van der Waals surface area contributed by atoms with Gasteiger partial charge in [0.25, 0.3) is 5.91 Å². The maximum Gasteiger partial charge on any atom is 0.255 e. The second-order valence-electron chi connectivity index (χ2n) is 7.96. The topological polar surface area (TPSA) is 116 Å². The maximum atomic E-state index is 13.0. The van der Waals surface area contributed by atoms with E-state index >= 15 is 0 Å². The van der Waals surface area contributed by atoms with Gasteiger partial charge in [-0.15, -0.1) is 5.10 Å². The highest BCUT2D eigenvalue weighted by Crippen LogP contribution is 2.31. The molecule has 2 aromatic rings. The van der Waals surface area contributed by atoms with Crippen molar-refractivity contribution in [2.45, 2.75) is 57.6 Å². The number of hydrogen-bond acceptors (Lipinski definition) is 7. The first-order valence-corrected chi connectivity index (χ1v) is 10.5. The predicted octanol–water partition coefficient (Wildman–Crippen LogP) is 1.07. The van der Waals surface area contributed by atoms with Crippen molar-refractivity contribution in [3.8, 4) is 5.69 Å². The first-order valence-electron chi connectivity index (χ1n) is 10.5. The molecule has 10 heteroatoms. The Morgan fingerprint density at radius 1 is 1.19 bits per heavy atom. The molecule has 5 rings (SSSR count). The van der Waals surface area contributed by atoms with Crippen molar-refractivity contribution in [2.75, 3.05) is 6.61 Å². The zero-order chi connectivity index (χ0) is 21.4. The lowest BCUT2D eigenvalue weighted by Gasteiger charge is -2.29. The Morgan fingerprint density at radius 2 is 2.10 bits per heavy atom. The molecule has 10 nitrogen and oxygen atoms in total. The van der Waals surface area contributed by atoms with Gasteiger partial charge in [-0.3, -0.25) is 19.7 Å². The zero-order valence-corrected chi connectivity index (χ0v) is 17.0. The van der Waals surface area contributed by atoms with E-state index in [1.807, 2.05) is 6.07 Å². The van der Waals surface area contributed by atoms with Gasteiger partial charge in [-0.2, -0.15) is 0 Å². The number of fused-ring (bicyclic) bond motifs is 1. The molecule has 1 aromatic carbocycles. The summed E-state index contributed by atoms with van der Waals surface area (Å²) in [6.45, 7) is 1.28. The molecule has 3 amide bonds. The van der Waals surface area contributed by atoms with E-state index in [1.165, 1.54) is 4.90 Å². The summed E-state index contributed by atoms with van der Waals surface area (Å²) in [7, 11) is 0. The number of ether oxygens (including phenoxy) is 2. The van der Waals surface area contributed by atoms with Crippen LogP contribution in [-0.4, -0.2) is 56.6 Å². The summed E-state index contributed by atoms with van der Waals surface area (Å²) in [5.41, 5.74) is 2.71. The van der Waals surface area contributed by atoms with Crippen molar-refractivity contribution in [3.05, 3.63) is 41.2 Å². The predicted molar refractivity (Wildman–Crippen MR) is 106 cm³/mol. The van der Waals surface area contributed by atoms with E-state index < -0.39 is 11.9 Å². The molecule has 2 saturated heterocycles. The number of piperidine rings is 1. The van der Waals surface area contributed by atoms with Gasteiger partial charge in [-0.25, -0.2) is 4.68 Å². The van der Waals surface area contributed by atoms with E-state index in [2.05, 4.69) is 15.6 Å². The SMILES string of the molecule is O=C1CCC(N2Cc3c(cccc3-n3cc(COC4CCCCO4)nn3)C2=O)C(=O)N1. The van der Waals surface area contributed by atoms with Crippen molar-refractivity contribution >= 4 is 17.7 Å². The maximum absolute atomic E-state index is 13.0. The molecule has 4 heterocycles. The van der Waals surface area contributed by atoms with Gasteiger partial charge in [-0.1, -0.05) is 11.3 Å². The number of hydrogen-bond donors (Lipinski definition) is 1. The molecule has 0 radical (unpaired) electrons. The Bertz CT molecular complexity index is 1030. The molecule has 3 aliphatic rings. The minimum atomic E-state index is -0.652. The van der Waals surface area contributed by atoms with Crippen molar-refractivity contribution < 1.29 is 23.9 Å². The summed E-state index contributed by atoms with van der Waals surface area (Å²) in [6.07, 6.45) is 5.14. The molecule has 1 aromatic heterocycles. The van der Waals surface area contributed by atoms with Crippen LogP contribution in [0.4, 0.5) is 0 Å². The largest absolute Gasteiger partial charge is 0.353 e. The molecular weight excluding hydrogens is 402 g/mol. The van der Waals surface area contributed by atoms with E-state index in [4.69, 9.17) is 9.47 Å². The standard InChI is InChI=1S/C21H23N5O5/c27-18-8-7-17(20(28)22-18)25-11-15-14(21(25)29)4-3-5-16(15)26-10-13(23-24-26)12-31-19-6-1-2-9-30-19/h3-5,10,17,19H,1-2,6-9,11-12H2,(H,22,27,28).